The third kappa shape index (κ3) is 4.86. The molecule has 6 heteroatoms. The topological polar surface area (TPSA) is 54.5 Å². The van der Waals surface area contributed by atoms with Crippen molar-refractivity contribution in [3.05, 3.63) is 53.3 Å². The number of hydrogen-bond donors (Lipinski definition) is 1. The summed E-state index contributed by atoms with van der Waals surface area (Å²) in [6.07, 6.45) is 3.53. The lowest BCUT2D eigenvalue weighted by Gasteiger charge is -2.17. The van der Waals surface area contributed by atoms with E-state index in [0.29, 0.717) is 10.8 Å². The van der Waals surface area contributed by atoms with Crippen molar-refractivity contribution in [2.24, 2.45) is 0 Å². The fourth-order valence-electron chi connectivity index (χ4n) is 1.96. The Labute approximate surface area is 141 Å². The summed E-state index contributed by atoms with van der Waals surface area (Å²) < 4.78 is 5.45. The molecule has 122 valence electrons. The Morgan fingerprint density at radius 1 is 1.30 bits per heavy atom. The summed E-state index contributed by atoms with van der Waals surface area (Å²) in [5.41, 5.74) is 2.01. The molecule has 0 radical (unpaired) electrons. The van der Waals surface area contributed by atoms with Crippen molar-refractivity contribution < 1.29 is 9.53 Å². The molecule has 0 saturated heterocycles. The standard InChI is InChI=1S/C17H20ClN3O2/c1-12(13-6-8-19-9-7-13)20-14-4-5-16(15(18)10-14)23-11-17(22)21(2)3/h4-10,12,20H,11H2,1-3H3/t12-/m0/s1. The first kappa shape index (κ1) is 17.1. The van der Waals surface area contributed by atoms with Crippen LogP contribution in [0.25, 0.3) is 0 Å². The van der Waals surface area contributed by atoms with E-state index in [4.69, 9.17) is 16.3 Å². The van der Waals surface area contributed by atoms with E-state index < -0.39 is 0 Å². The molecule has 2 aromatic rings. The number of ether oxygens (including phenoxy) is 1. The maximum atomic E-state index is 11.5. The highest BCUT2D eigenvalue weighted by Crippen LogP contribution is 2.29. The number of hydrogen-bond acceptors (Lipinski definition) is 4. The molecule has 0 spiro atoms. The SMILES string of the molecule is C[C@H](Nc1ccc(OCC(=O)N(C)C)c(Cl)c1)c1ccncc1. The second-order valence-corrected chi connectivity index (χ2v) is 5.78. The van der Waals surface area contributed by atoms with Gasteiger partial charge in [0, 0.05) is 38.2 Å². The molecule has 23 heavy (non-hydrogen) atoms. The van der Waals surface area contributed by atoms with E-state index in [2.05, 4.69) is 17.2 Å². The molecule has 1 aromatic carbocycles. The highest BCUT2D eigenvalue weighted by molar-refractivity contribution is 6.32. The highest BCUT2D eigenvalue weighted by Gasteiger charge is 2.10. The van der Waals surface area contributed by atoms with Crippen LogP contribution in [-0.4, -0.2) is 36.5 Å². The van der Waals surface area contributed by atoms with Gasteiger partial charge in [-0.2, -0.15) is 0 Å². The van der Waals surface area contributed by atoms with Crippen LogP contribution >= 0.6 is 11.6 Å². The summed E-state index contributed by atoms with van der Waals surface area (Å²) in [5, 5.41) is 3.83. The van der Waals surface area contributed by atoms with Crippen LogP contribution in [0.1, 0.15) is 18.5 Å². The van der Waals surface area contributed by atoms with Crippen LogP contribution in [0.15, 0.2) is 42.7 Å². The summed E-state index contributed by atoms with van der Waals surface area (Å²) in [4.78, 5) is 17.0. The van der Waals surface area contributed by atoms with Crippen molar-refractivity contribution in [2.75, 3.05) is 26.0 Å². The van der Waals surface area contributed by atoms with Crippen LogP contribution < -0.4 is 10.1 Å². The van der Waals surface area contributed by atoms with Crippen molar-refractivity contribution in [3.63, 3.8) is 0 Å². The van der Waals surface area contributed by atoms with Gasteiger partial charge in [0.1, 0.15) is 5.75 Å². The van der Waals surface area contributed by atoms with Gasteiger partial charge in [0.05, 0.1) is 5.02 Å². The maximum absolute atomic E-state index is 11.5. The smallest absolute Gasteiger partial charge is 0.259 e. The van der Waals surface area contributed by atoms with E-state index in [1.807, 2.05) is 18.2 Å². The Hall–Kier alpha value is -2.27. The molecule has 0 unspecified atom stereocenters. The number of carbonyl (C=O) groups is 1. The predicted octanol–water partition coefficient (Wildman–Crippen LogP) is 3.38. The number of pyridine rings is 1. The zero-order chi connectivity index (χ0) is 16.8. The predicted molar refractivity (Wildman–Crippen MR) is 91.9 cm³/mol. The minimum atomic E-state index is -0.116. The number of nitrogens with one attached hydrogen (secondary N) is 1. The number of nitrogens with zero attached hydrogens (tertiary/aromatic N) is 2. The number of amides is 1. The Bertz CT molecular complexity index is 662. The van der Waals surface area contributed by atoms with Gasteiger partial charge in [-0.3, -0.25) is 9.78 Å². The summed E-state index contributed by atoms with van der Waals surface area (Å²) in [7, 11) is 3.36. The normalized spacial score (nSPS) is 11.7. The Morgan fingerprint density at radius 3 is 2.61 bits per heavy atom. The average Bonchev–Trinajstić information content (AvgIpc) is 2.54. The molecule has 0 bridgehead atoms. The first-order valence-electron chi connectivity index (χ1n) is 7.26. The number of anilines is 1. The monoisotopic (exact) mass is 333 g/mol. The zero-order valence-electron chi connectivity index (χ0n) is 13.4. The number of carbonyl (C=O) groups excluding carboxylic acids is 1. The van der Waals surface area contributed by atoms with Crippen LogP contribution in [0.4, 0.5) is 5.69 Å². The van der Waals surface area contributed by atoms with E-state index in [1.54, 1.807) is 38.6 Å². The van der Waals surface area contributed by atoms with Crippen LogP contribution in [0.3, 0.4) is 0 Å². The van der Waals surface area contributed by atoms with Gasteiger partial charge in [-0.1, -0.05) is 11.6 Å². The van der Waals surface area contributed by atoms with Crippen LogP contribution in [0, 0.1) is 0 Å². The Kier molecular flexibility index (Phi) is 5.82. The number of benzene rings is 1. The van der Waals surface area contributed by atoms with Gasteiger partial charge in [-0.05, 0) is 42.8 Å². The van der Waals surface area contributed by atoms with E-state index in [0.717, 1.165) is 11.3 Å². The molecule has 0 aliphatic heterocycles. The molecular weight excluding hydrogens is 314 g/mol. The van der Waals surface area contributed by atoms with Crippen molar-refractivity contribution >= 4 is 23.2 Å². The summed E-state index contributed by atoms with van der Waals surface area (Å²) >= 11 is 6.22. The van der Waals surface area contributed by atoms with Gasteiger partial charge in [0.2, 0.25) is 0 Å². The molecule has 0 fully saturated rings. The third-order valence-electron chi connectivity index (χ3n) is 3.37. The molecule has 0 saturated carbocycles. The second kappa shape index (κ2) is 7.83. The molecule has 1 amide bonds. The lowest BCUT2D eigenvalue weighted by atomic mass is 10.1. The number of rotatable bonds is 6. The first-order valence-corrected chi connectivity index (χ1v) is 7.64. The Morgan fingerprint density at radius 2 is 2.00 bits per heavy atom. The average molecular weight is 334 g/mol. The molecule has 1 heterocycles. The van der Waals surface area contributed by atoms with Gasteiger partial charge >= 0.3 is 0 Å². The highest BCUT2D eigenvalue weighted by atomic mass is 35.5. The quantitative estimate of drug-likeness (QED) is 0.880. The summed E-state index contributed by atoms with van der Waals surface area (Å²) in [6.45, 7) is 2.02. The van der Waals surface area contributed by atoms with Gasteiger partial charge in [-0.25, -0.2) is 0 Å². The van der Waals surface area contributed by atoms with Gasteiger partial charge in [0.15, 0.2) is 6.61 Å². The summed E-state index contributed by atoms with van der Waals surface area (Å²) in [5.74, 6) is 0.374. The third-order valence-corrected chi connectivity index (χ3v) is 3.67. The van der Waals surface area contributed by atoms with Crippen LogP contribution in [0.2, 0.25) is 5.02 Å². The number of aromatic nitrogens is 1. The van der Waals surface area contributed by atoms with E-state index in [-0.39, 0.29) is 18.6 Å². The van der Waals surface area contributed by atoms with E-state index in [1.165, 1.54) is 4.90 Å². The van der Waals surface area contributed by atoms with E-state index >= 15 is 0 Å². The van der Waals surface area contributed by atoms with Crippen molar-refractivity contribution in [1.82, 2.24) is 9.88 Å². The van der Waals surface area contributed by atoms with Gasteiger partial charge < -0.3 is 15.0 Å². The lowest BCUT2D eigenvalue weighted by Crippen LogP contribution is -2.27. The number of halogens is 1. The molecule has 0 aliphatic rings. The first-order chi connectivity index (χ1) is 11.0. The lowest BCUT2D eigenvalue weighted by molar-refractivity contribution is -0.130. The zero-order valence-corrected chi connectivity index (χ0v) is 14.2. The molecule has 5 nitrogen and oxygen atoms in total. The summed E-state index contributed by atoms with van der Waals surface area (Å²) in [6, 6.07) is 9.46. The van der Waals surface area contributed by atoms with Crippen molar-refractivity contribution in [3.8, 4) is 5.75 Å². The Balaban J connectivity index is 2.00. The van der Waals surface area contributed by atoms with Crippen molar-refractivity contribution in [1.29, 1.82) is 0 Å². The maximum Gasteiger partial charge on any atom is 0.259 e. The molecule has 2 rings (SSSR count). The van der Waals surface area contributed by atoms with Gasteiger partial charge in [-0.15, -0.1) is 0 Å². The molecule has 1 atom stereocenters. The second-order valence-electron chi connectivity index (χ2n) is 5.37. The molecular formula is C17H20ClN3O2. The van der Waals surface area contributed by atoms with E-state index in [9.17, 15) is 4.79 Å². The van der Waals surface area contributed by atoms with Crippen molar-refractivity contribution in [2.45, 2.75) is 13.0 Å². The fourth-order valence-corrected chi connectivity index (χ4v) is 2.20. The molecule has 0 aliphatic carbocycles. The fraction of sp³-hybridized carbons (Fsp3) is 0.294. The number of likely N-dealkylation sites (N-methyl/N-ethyl adjacent to an activating group) is 1. The largest absolute Gasteiger partial charge is 0.482 e. The molecule has 1 N–H and O–H groups in total. The molecule has 1 aromatic heterocycles. The minimum Gasteiger partial charge on any atom is -0.482 e. The van der Waals surface area contributed by atoms with Crippen LogP contribution in [-0.2, 0) is 4.79 Å². The van der Waals surface area contributed by atoms with Crippen LogP contribution in [0.5, 0.6) is 5.75 Å². The minimum absolute atomic E-state index is 0.0348. The van der Waals surface area contributed by atoms with Gasteiger partial charge in [0.25, 0.3) is 5.91 Å².